The summed E-state index contributed by atoms with van der Waals surface area (Å²) in [4.78, 5) is 0. The lowest BCUT2D eigenvalue weighted by molar-refractivity contribution is 0.305. The third-order valence-corrected chi connectivity index (χ3v) is 5.34. The topological polar surface area (TPSA) is 64.3 Å². The molecule has 1 aliphatic rings. The zero-order valence-corrected chi connectivity index (χ0v) is 16.5. The van der Waals surface area contributed by atoms with Gasteiger partial charge in [-0.1, -0.05) is 48.0 Å². The Morgan fingerprint density at radius 2 is 1.76 bits per heavy atom. The van der Waals surface area contributed by atoms with Crippen molar-refractivity contribution < 1.29 is 4.74 Å². The maximum absolute atomic E-state index is 6.19. The van der Waals surface area contributed by atoms with Gasteiger partial charge >= 0.3 is 0 Å². The molecule has 5 rings (SSSR count). The number of hydrogen-bond acceptors (Lipinski definition) is 5. The molecule has 1 fully saturated rings. The van der Waals surface area contributed by atoms with Crippen LogP contribution in [0.3, 0.4) is 0 Å². The van der Waals surface area contributed by atoms with Crippen LogP contribution >= 0.6 is 11.6 Å². The molecule has 0 spiro atoms. The molecule has 1 aliphatic carbocycles. The average molecular weight is 406 g/mol. The number of hydrogen-bond donors (Lipinski definition) is 1. The van der Waals surface area contributed by atoms with Crippen molar-refractivity contribution in [1.82, 2.24) is 19.8 Å². The lowest BCUT2D eigenvalue weighted by Crippen LogP contribution is -2.08. The highest BCUT2D eigenvalue weighted by Gasteiger charge is 2.29. The second-order valence-electron chi connectivity index (χ2n) is 7.16. The van der Waals surface area contributed by atoms with E-state index < -0.39 is 0 Å². The van der Waals surface area contributed by atoms with Gasteiger partial charge in [-0.05, 0) is 48.2 Å². The largest absolute Gasteiger partial charge is 0.487 e. The minimum Gasteiger partial charge on any atom is -0.487 e. The predicted molar refractivity (Wildman–Crippen MR) is 112 cm³/mol. The molecule has 2 aromatic heterocycles. The summed E-state index contributed by atoms with van der Waals surface area (Å²) in [5, 5.41) is 17.2. The van der Waals surface area contributed by atoms with Crippen LogP contribution in [0.5, 0.6) is 5.75 Å². The fourth-order valence-electron chi connectivity index (χ4n) is 3.27. The van der Waals surface area contributed by atoms with Crippen molar-refractivity contribution in [3.63, 3.8) is 0 Å². The highest BCUT2D eigenvalue weighted by molar-refractivity contribution is 6.32. The number of ether oxygens (including phenoxy) is 1. The van der Waals surface area contributed by atoms with E-state index in [9.17, 15) is 0 Å². The molecule has 4 aromatic rings. The van der Waals surface area contributed by atoms with Crippen LogP contribution in [0.25, 0.3) is 5.65 Å². The molecule has 29 heavy (non-hydrogen) atoms. The Labute approximate surface area is 173 Å². The molecule has 1 saturated carbocycles. The number of fused-ring (bicyclic) bond motifs is 1. The van der Waals surface area contributed by atoms with E-state index >= 15 is 0 Å². The van der Waals surface area contributed by atoms with Crippen molar-refractivity contribution in [1.29, 1.82) is 0 Å². The minimum absolute atomic E-state index is 0.450. The molecular formula is C22H20ClN5O. The summed E-state index contributed by atoms with van der Waals surface area (Å²) in [5.41, 5.74) is 3.03. The van der Waals surface area contributed by atoms with Gasteiger partial charge in [0.25, 0.3) is 0 Å². The normalized spacial score (nSPS) is 13.6. The van der Waals surface area contributed by atoms with E-state index in [1.54, 1.807) is 0 Å². The first-order valence-corrected chi connectivity index (χ1v) is 10.1. The molecular weight excluding hydrogens is 386 g/mol. The van der Waals surface area contributed by atoms with Crippen LogP contribution in [0.1, 0.15) is 35.7 Å². The van der Waals surface area contributed by atoms with Gasteiger partial charge in [-0.2, -0.15) is 4.52 Å². The summed E-state index contributed by atoms with van der Waals surface area (Å²) in [6.45, 7) is 1.09. The Morgan fingerprint density at radius 1 is 0.966 bits per heavy atom. The van der Waals surface area contributed by atoms with Gasteiger partial charge in [-0.15, -0.1) is 15.3 Å². The fraction of sp³-hybridized carbons (Fsp3) is 0.227. The molecule has 0 unspecified atom stereocenters. The van der Waals surface area contributed by atoms with Crippen molar-refractivity contribution in [3.8, 4) is 5.75 Å². The molecule has 0 amide bonds. The molecule has 0 bridgehead atoms. The lowest BCUT2D eigenvalue weighted by atomic mass is 10.1. The van der Waals surface area contributed by atoms with Gasteiger partial charge in [-0.3, -0.25) is 0 Å². The first-order valence-electron chi connectivity index (χ1n) is 9.68. The zero-order valence-electron chi connectivity index (χ0n) is 15.8. The lowest BCUT2D eigenvalue weighted by Gasteiger charge is -2.13. The standard InChI is InChI=1S/C22H20ClN5O/c23-18-7-3-4-8-19(18)29-14-17-6-2-1-5-16(17)13-24-20-11-12-21-25-26-22(15-9-10-15)28(21)27-20/h1-8,11-12,15H,9-10,13-14H2,(H,24,27). The van der Waals surface area contributed by atoms with Crippen LogP contribution < -0.4 is 10.1 Å². The number of para-hydroxylation sites is 1. The van der Waals surface area contributed by atoms with E-state index in [4.69, 9.17) is 16.3 Å². The number of benzene rings is 2. The van der Waals surface area contributed by atoms with Gasteiger partial charge in [-0.25, -0.2) is 0 Å². The highest BCUT2D eigenvalue weighted by Crippen LogP contribution is 2.38. The smallest absolute Gasteiger partial charge is 0.178 e. The molecule has 0 atom stereocenters. The van der Waals surface area contributed by atoms with Crippen LogP contribution in [0.2, 0.25) is 5.02 Å². The summed E-state index contributed by atoms with van der Waals surface area (Å²) < 4.78 is 7.77. The first-order chi connectivity index (χ1) is 14.3. The quantitative estimate of drug-likeness (QED) is 0.476. The van der Waals surface area contributed by atoms with Gasteiger partial charge in [0.2, 0.25) is 0 Å². The monoisotopic (exact) mass is 405 g/mol. The molecule has 2 aromatic carbocycles. The SMILES string of the molecule is Clc1ccccc1OCc1ccccc1CNc1ccc2nnc(C3CC3)n2n1. The molecule has 1 N–H and O–H groups in total. The molecule has 7 heteroatoms. The summed E-state index contributed by atoms with van der Waals surface area (Å²) in [6, 6.07) is 19.6. The number of halogens is 1. The van der Waals surface area contributed by atoms with Crippen molar-refractivity contribution in [2.24, 2.45) is 0 Å². The highest BCUT2D eigenvalue weighted by atomic mass is 35.5. The minimum atomic E-state index is 0.450. The molecule has 0 saturated heterocycles. The van der Waals surface area contributed by atoms with Crippen LogP contribution in [0.15, 0.2) is 60.7 Å². The second kappa shape index (κ2) is 7.72. The number of rotatable bonds is 7. The number of anilines is 1. The Hall–Kier alpha value is -3.12. The van der Waals surface area contributed by atoms with Gasteiger partial charge in [0, 0.05) is 12.5 Å². The summed E-state index contributed by atoms with van der Waals surface area (Å²) in [6.07, 6.45) is 2.33. The Morgan fingerprint density at radius 3 is 2.59 bits per heavy atom. The van der Waals surface area contributed by atoms with E-state index in [0.29, 0.717) is 29.8 Å². The van der Waals surface area contributed by atoms with Gasteiger partial charge in [0.15, 0.2) is 11.5 Å². The van der Waals surface area contributed by atoms with Crippen LogP contribution in [0.4, 0.5) is 5.82 Å². The summed E-state index contributed by atoms with van der Waals surface area (Å²) in [5.74, 6) is 2.93. The maximum Gasteiger partial charge on any atom is 0.178 e. The Bertz CT molecular complexity index is 1150. The van der Waals surface area contributed by atoms with Gasteiger partial charge < -0.3 is 10.1 Å². The van der Waals surface area contributed by atoms with E-state index in [0.717, 1.165) is 28.4 Å². The summed E-state index contributed by atoms with van der Waals surface area (Å²) in [7, 11) is 0. The van der Waals surface area contributed by atoms with E-state index in [1.807, 2.05) is 53.0 Å². The van der Waals surface area contributed by atoms with E-state index in [1.165, 1.54) is 12.8 Å². The third-order valence-electron chi connectivity index (χ3n) is 5.03. The maximum atomic E-state index is 6.19. The number of nitrogens with one attached hydrogen (secondary N) is 1. The molecule has 0 radical (unpaired) electrons. The van der Waals surface area contributed by atoms with Crippen molar-refractivity contribution in [2.45, 2.75) is 31.9 Å². The third kappa shape index (κ3) is 3.89. The fourth-order valence-corrected chi connectivity index (χ4v) is 3.46. The molecule has 2 heterocycles. The second-order valence-corrected chi connectivity index (χ2v) is 7.57. The van der Waals surface area contributed by atoms with Crippen molar-refractivity contribution in [3.05, 3.63) is 82.6 Å². The Balaban J connectivity index is 1.30. The number of nitrogens with zero attached hydrogens (tertiary/aromatic N) is 4. The summed E-state index contributed by atoms with van der Waals surface area (Å²) >= 11 is 6.19. The molecule has 6 nitrogen and oxygen atoms in total. The van der Waals surface area contributed by atoms with Crippen molar-refractivity contribution >= 4 is 23.1 Å². The zero-order chi connectivity index (χ0) is 19.6. The number of aromatic nitrogens is 4. The molecule has 0 aliphatic heterocycles. The van der Waals surface area contributed by atoms with Gasteiger partial charge in [0.05, 0.1) is 5.02 Å². The average Bonchev–Trinajstić information content (AvgIpc) is 3.51. The van der Waals surface area contributed by atoms with Crippen molar-refractivity contribution in [2.75, 3.05) is 5.32 Å². The van der Waals surface area contributed by atoms with Crippen LogP contribution in [-0.2, 0) is 13.2 Å². The first kappa shape index (κ1) is 17.9. The van der Waals surface area contributed by atoms with Crippen LogP contribution in [-0.4, -0.2) is 19.8 Å². The van der Waals surface area contributed by atoms with Crippen LogP contribution in [0, 0.1) is 0 Å². The van der Waals surface area contributed by atoms with Gasteiger partial charge in [0.1, 0.15) is 18.2 Å². The Kier molecular flexibility index (Phi) is 4.77. The van der Waals surface area contributed by atoms with E-state index in [-0.39, 0.29) is 0 Å². The predicted octanol–water partition coefficient (Wildman–Crippen LogP) is 4.85. The van der Waals surface area contributed by atoms with E-state index in [2.05, 4.69) is 32.7 Å². The molecule has 146 valence electrons.